The van der Waals surface area contributed by atoms with Gasteiger partial charge in [0.05, 0.1) is 12.0 Å². The zero-order chi connectivity index (χ0) is 13.8. The SMILES string of the molecule is CC(C)(CNC(=O)CN1CCCCC1=O)C(N)=O. The second-order valence-corrected chi connectivity index (χ2v) is 5.30. The number of likely N-dealkylation sites (tertiary alicyclic amines) is 1. The molecular formula is C12H21N3O3. The van der Waals surface area contributed by atoms with Crippen molar-refractivity contribution in [1.82, 2.24) is 10.2 Å². The standard InChI is InChI=1S/C12H21N3O3/c1-12(2,11(13)18)8-14-9(16)7-15-6-4-3-5-10(15)17/h3-8H2,1-2H3,(H2,13,18)(H,14,16). The third-order valence-electron chi connectivity index (χ3n) is 3.15. The number of rotatable bonds is 5. The van der Waals surface area contributed by atoms with Gasteiger partial charge in [-0.05, 0) is 26.7 Å². The molecule has 0 saturated carbocycles. The van der Waals surface area contributed by atoms with Gasteiger partial charge in [-0.2, -0.15) is 0 Å². The van der Waals surface area contributed by atoms with Crippen LogP contribution in [-0.2, 0) is 14.4 Å². The summed E-state index contributed by atoms with van der Waals surface area (Å²) in [4.78, 5) is 35.8. The Morgan fingerprint density at radius 1 is 1.39 bits per heavy atom. The molecule has 1 heterocycles. The second-order valence-electron chi connectivity index (χ2n) is 5.30. The molecule has 3 N–H and O–H groups in total. The van der Waals surface area contributed by atoms with Crippen LogP contribution in [0.15, 0.2) is 0 Å². The van der Waals surface area contributed by atoms with Gasteiger partial charge in [0.2, 0.25) is 17.7 Å². The molecule has 0 aromatic rings. The van der Waals surface area contributed by atoms with Crippen LogP contribution in [-0.4, -0.2) is 42.3 Å². The Morgan fingerprint density at radius 2 is 2.06 bits per heavy atom. The molecule has 0 radical (unpaired) electrons. The van der Waals surface area contributed by atoms with E-state index < -0.39 is 11.3 Å². The molecule has 102 valence electrons. The molecule has 0 aliphatic carbocycles. The van der Waals surface area contributed by atoms with Crippen LogP contribution in [0.3, 0.4) is 0 Å². The van der Waals surface area contributed by atoms with Gasteiger partial charge in [0.25, 0.3) is 0 Å². The van der Waals surface area contributed by atoms with Crippen molar-refractivity contribution in [2.45, 2.75) is 33.1 Å². The van der Waals surface area contributed by atoms with Crippen LogP contribution in [0.25, 0.3) is 0 Å². The van der Waals surface area contributed by atoms with Crippen molar-refractivity contribution in [3.8, 4) is 0 Å². The molecule has 1 rings (SSSR count). The molecule has 6 nitrogen and oxygen atoms in total. The van der Waals surface area contributed by atoms with Crippen molar-refractivity contribution in [1.29, 1.82) is 0 Å². The van der Waals surface area contributed by atoms with E-state index in [1.807, 2.05) is 0 Å². The predicted octanol–water partition coefficient (Wildman–Crippen LogP) is -0.373. The monoisotopic (exact) mass is 255 g/mol. The van der Waals surface area contributed by atoms with Gasteiger partial charge < -0.3 is 16.0 Å². The summed E-state index contributed by atoms with van der Waals surface area (Å²) < 4.78 is 0. The third-order valence-corrected chi connectivity index (χ3v) is 3.15. The normalized spacial score (nSPS) is 16.6. The number of carbonyl (C=O) groups excluding carboxylic acids is 3. The molecule has 1 saturated heterocycles. The fraction of sp³-hybridized carbons (Fsp3) is 0.750. The fourth-order valence-corrected chi connectivity index (χ4v) is 1.66. The molecule has 1 aliphatic heterocycles. The fourth-order valence-electron chi connectivity index (χ4n) is 1.66. The van der Waals surface area contributed by atoms with Crippen molar-refractivity contribution >= 4 is 17.7 Å². The Kier molecular flexibility index (Phi) is 4.69. The minimum atomic E-state index is -0.776. The van der Waals surface area contributed by atoms with E-state index >= 15 is 0 Å². The Labute approximate surface area is 107 Å². The summed E-state index contributed by atoms with van der Waals surface area (Å²) in [5.74, 6) is -0.693. The molecule has 3 amide bonds. The topological polar surface area (TPSA) is 92.5 Å². The van der Waals surface area contributed by atoms with E-state index in [0.717, 1.165) is 12.8 Å². The maximum atomic E-state index is 11.7. The zero-order valence-corrected chi connectivity index (χ0v) is 11.0. The van der Waals surface area contributed by atoms with Gasteiger partial charge >= 0.3 is 0 Å². The number of piperidine rings is 1. The summed E-state index contributed by atoms with van der Waals surface area (Å²) in [6, 6.07) is 0. The van der Waals surface area contributed by atoms with E-state index in [-0.39, 0.29) is 24.9 Å². The molecule has 0 bridgehead atoms. The van der Waals surface area contributed by atoms with E-state index in [4.69, 9.17) is 5.73 Å². The van der Waals surface area contributed by atoms with Crippen LogP contribution in [0, 0.1) is 5.41 Å². The minimum Gasteiger partial charge on any atom is -0.369 e. The molecule has 0 unspecified atom stereocenters. The molecule has 18 heavy (non-hydrogen) atoms. The highest BCUT2D eigenvalue weighted by Gasteiger charge is 2.26. The number of carbonyl (C=O) groups is 3. The number of amides is 3. The first-order valence-electron chi connectivity index (χ1n) is 6.17. The van der Waals surface area contributed by atoms with Crippen LogP contribution in [0.2, 0.25) is 0 Å². The minimum absolute atomic E-state index is 0.0190. The molecule has 0 spiro atoms. The first-order chi connectivity index (χ1) is 8.33. The molecular weight excluding hydrogens is 234 g/mol. The largest absolute Gasteiger partial charge is 0.369 e. The van der Waals surface area contributed by atoms with Crippen molar-refractivity contribution in [3.63, 3.8) is 0 Å². The Hall–Kier alpha value is -1.59. The number of nitrogens with zero attached hydrogens (tertiary/aromatic N) is 1. The van der Waals surface area contributed by atoms with Crippen molar-refractivity contribution < 1.29 is 14.4 Å². The van der Waals surface area contributed by atoms with Crippen LogP contribution in [0.1, 0.15) is 33.1 Å². The molecule has 0 atom stereocenters. The van der Waals surface area contributed by atoms with E-state index in [1.54, 1.807) is 18.7 Å². The average molecular weight is 255 g/mol. The maximum absolute atomic E-state index is 11.7. The van der Waals surface area contributed by atoms with E-state index in [9.17, 15) is 14.4 Å². The zero-order valence-electron chi connectivity index (χ0n) is 11.0. The van der Waals surface area contributed by atoms with Crippen molar-refractivity contribution in [3.05, 3.63) is 0 Å². The lowest BCUT2D eigenvalue weighted by atomic mass is 9.93. The highest BCUT2D eigenvalue weighted by Crippen LogP contribution is 2.12. The summed E-state index contributed by atoms with van der Waals surface area (Å²) in [6.07, 6.45) is 2.34. The second kappa shape index (κ2) is 5.84. The number of nitrogens with two attached hydrogens (primary N) is 1. The molecule has 1 fully saturated rings. The number of hydrogen-bond donors (Lipinski definition) is 2. The number of primary amides is 1. The van der Waals surface area contributed by atoms with E-state index in [0.29, 0.717) is 13.0 Å². The van der Waals surface area contributed by atoms with Gasteiger partial charge in [0, 0.05) is 19.5 Å². The maximum Gasteiger partial charge on any atom is 0.239 e. The Bertz CT molecular complexity index is 352. The van der Waals surface area contributed by atoms with Crippen molar-refractivity contribution in [2.24, 2.45) is 11.1 Å². The average Bonchev–Trinajstić information content (AvgIpc) is 2.29. The van der Waals surface area contributed by atoms with Crippen LogP contribution in [0.5, 0.6) is 0 Å². The van der Waals surface area contributed by atoms with Crippen LogP contribution >= 0.6 is 0 Å². The lowest BCUT2D eigenvalue weighted by Crippen LogP contribution is -2.47. The number of nitrogens with one attached hydrogen (secondary N) is 1. The summed E-state index contributed by atoms with van der Waals surface area (Å²) >= 11 is 0. The summed E-state index contributed by atoms with van der Waals surface area (Å²) in [5.41, 5.74) is 4.43. The Morgan fingerprint density at radius 3 is 2.61 bits per heavy atom. The lowest BCUT2D eigenvalue weighted by Gasteiger charge is -2.27. The van der Waals surface area contributed by atoms with Gasteiger partial charge in [0.1, 0.15) is 0 Å². The molecule has 1 aliphatic rings. The van der Waals surface area contributed by atoms with Gasteiger partial charge in [-0.1, -0.05) is 0 Å². The van der Waals surface area contributed by atoms with E-state index in [2.05, 4.69) is 5.32 Å². The first kappa shape index (κ1) is 14.5. The van der Waals surface area contributed by atoms with Crippen LogP contribution < -0.4 is 11.1 Å². The van der Waals surface area contributed by atoms with E-state index in [1.165, 1.54) is 0 Å². The quantitative estimate of drug-likeness (QED) is 0.701. The highest BCUT2D eigenvalue weighted by molar-refractivity contribution is 5.86. The summed E-state index contributed by atoms with van der Waals surface area (Å²) in [7, 11) is 0. The Balaban J connectivity index is 2.38. The number of hydrogen-bond acceptors (Lipinski definition) is 3. The first-order valence-corrected chi connectivity index (χ1v) is 6.17. The summed E-state index contributed by atoms with van der Waals surface area (Å²) in [6.45, 7) is 4.21. The van der Waals surface area contributed by atoms with Crippen molar-refractivity contribution in [2.75, 3.05) is 19.6 Å². The molecule has 6 heteroatoms. The highest BCUT2D eigenvalue weighted by atomic mass is 16.2. The van der Waals surface area contributed by atoms with Gasteiger partial charge in [-0.3, -0.25) is 14.4 Å². The lowest BCUT2D eigenvalue weighted by molar-refractivity contribution is -0.138. The molecule has 0 aromatic carbocycles. The smallest absolute Gasteiger partial charge is 0.239 e. The third kappa shape index (κ3) is 4.01. The molecule has 0 aromatic heterocycles. The summed E-state index contributed by atoms with van der Waals surface area (Å²) in [5, 5.41) is 2.64. The van der Waals surface area contributed by atoms with Gasteiger partial charge in [-0.25, -0.2) is 0 Å². The van der Waals surface area contributed by atoms with Gasteiger partial charge in [-0.15, -0.1) is 0 Å². The van der Waals surface area contributed by atoms with Crippen LogP contribution in [0.4, 0.5) is 0 Å². The van der Waals surface area contributed by atoms with Gasteiger partial charge in [0.15, 0.2) is 0 Å². The predicted molar refractivity (Wildman–Crippen MR) is 66.4 cm³/mol.